The minimum atomic E-state index is 0.203. The highest BCUT2D eigenvalue weighted by Gasteiger charge is 2.14. The van der Waals surface area contributed by atoms with E-state index in [0.717, 1.165) is 6.29 Å². The van der Waals surface area contributed by atoms with Crippen LogP contribution in [-0.4, -0.2) is 23.2 Å². The van der Waals surface area contributed by atoms with Gasteiger partial charge in [0.1, 0.15) is 24.3 Å². The van der Waals surface area contributed by atoms with Gasteiger partial charge in [-0.2, -0.15) is 0 Å². The maximum absolute atomic E-state index is 10.9. The van der Waals surface area contributed by atoms with Crippen LogP contribution in [0.3, 0.4) is 0 Å². The second-order valence-electron chi connectivity index (χ2n) is 3.97. The van der Waals surface area contributed by atoms with Crippen molar-refractivity contribution in [2.75, 3.05) is 6.61 Å². The van der Waals surface area contributed by atoms with E-state index in [9.17, 15) is 4.79 Å². The molecule has 7 heteroatoms. The molecule has 0 unspecified atom stereocenters. The predicted molar refractivity (Wildman–Crippen MR) is 74.1 cm³/mol. The van der Waals surface area contributed by atoms with Crippen LogP contribution in [0.1, 0.15) is 28.7 Å². The summed E-state index contributed by atoms with van der Waals surface area (Å²) in [5.74, 6) is 1.01. The van der Waals surface area contributed by atoms with Gasteiger partial charge in [-0.1, -0.05) is 10.3 Å². The number of halogens is 1. The summed E-state index contributed by atoms with van der Waals surface area (Å²) in [6.45, 7) is 4.31. The lowest BCUT2D eigenvalue weighted by molar-refractivity contribution is 0.112. The highest BCUT2D eigenvalue weighted by Crippen LogP contribution is 2.37. The lowest BCUT2D eigenvalue weighted by Gasteiger charge is -2.13. The van der Waals surface area contributed by atoms with Gasteiger partial charge < -0.3 is 9.47 Å². The number of aromatic nitrogens is 2. The molecule has 1 aromatic carbocycles. The Morgan fingerprint density at radius 3 is 2.75 bits per heavy atom. The third kappa shape index (κ3) is 3.16. The molecule has 2 rings (SSSR count). The number of rotatable bonds is 6. The summed E-state index contributed by atoms with van der Waals surface area (Å²) in [6, 6.07) is 3.29. The summed E-state index contributed by atoms with van der Waals surface area (Å²) in [5.41, 5.74) is 1.79. The van der Waals surface area contributed by atoms with Crippen molar-refractivity contribution in [3.8, 4) is 11.5 Å². The second kappa shape index (κ2) is 6.51. The Bertz CT molecular complexity index is 612. The molecule has 0 saturated heterocycles. The smallest absolute Gasteiger partial charge is 0.175 e. The summed E-state index contributed by atoms with van der Waals surface area (Å²) < 4.78 is 16.4. The first kappa shape index (κ1) is 14.5. The van der Waals surface area contributed by atoms with Crippen molar-refractivity contribution in [3.63, 3.8) is 0 Å². The number of aryl methyl sites for hydroxylation is 1. The number of aldehydes is 1. The van der Waals surface area contributed by atoms with Crippen molar-refractivity contribution in [2.45, 2.75) is 20.5 Å². The normalized spacial score (nSPS) is 10.3. The molecule has 0 saturated carbocycles. The molecule has 20 heavy (non-hydrogen) atoms. The molecular formula is C13H13BrN2O4. The van der Waals surface area contributed by atoms with E-state index in [2.05, 4.69) is 30.9 Å². The van der Waals surface area contributed by atoms with Crippen molar-refractivity contribution in [1.82, 2.24) is 10.3 Å². The largest absolute Gasteiger partial charge is 0.490 e. The van der Waals surface area contributed by atoms with Crippen LogP contribution < -0.4 is 9.47 Å². The maximum atomic E-state index is 10.9. The molecule has 0 aliphatic heterocycles. The molecule has 0 fully saturated rings. The number of ether oxygens (including phenoxy) is 2. The average Bonchev–Trinajstić information content (AvgIpc) is 2.83. The van der Waals surface area contributed by atoms with Gasteiger partial charge in [-0.25, -0.2) is 4.63 Å². The molecule has 2 aromatic rings. The van der Waals surface area contributed by atoms with E-state index >= 15 is 0 Å². The molecule has 0 spiro atoms. The topological polar surface area (TPSA) is 74.5 Å². The summed E-state index contributed by atoms with van der Waals surface area (Å²) in [7, 11) is 0. The highest BCUT2D eigenvalue weighted by molar-refractivity contribution is 9.10. The van der Waals surface area contributed by atoms with Crippen LogP contribution in [0.5, 0.6) is 11.5 Å². The first-order valence-corrected chi connectivity index (χ1v) is 6.77. The average molecular weight is 341 g/mol. The maximum Gasteiger partial charge on any atom is 0.175 e. The Kier molecular flexibility index (Phi) is 4.73. The zero-order chi connectivity index (χ0) is 14.5. The number of benzene rings is 1. The van der Waals surface area contributed by atoms with Gasteiger partial charge in [-0.05, 0) is 41.9 Å². The Morgan fingerprint density at radius 2 is 2.15 bits per heavy atom. The second-order valence-corrected chi connectivity index (χ2v) is 4.82. The quantitative estimate of drug-likeness (QED) is 0.752. The van der Waals surface area contributed by atoms with Crippen LogP contribution in [0.15, 0.2) is 21.2 Å². The summed E-state index contributed by atoms with van der Waals surface area (Å²) in [4.78, 5) is 10.9. The molecule has 6 nitrogen and oxygen atoms in total. The minimum absolute atomic E-state index is 0.203. The van der Waals surface area contributed by atoms with E-state index in [1.807, 2.05) is 6.92 Å². The minimum Gasteiger partial charge on any atom is -0.490 e. The first-order valence-electron chi connectivity index (χ1n) is 5.98. The third-order valence-electron chi connectivity index (χ3n) is 2.57. The van der Waals surface area contributed by atoms with Gasteiger partial charge in [0.25, 0.3) is 0 Å². The van der Waals surface area contributed by atoms with Crippen molar-refractivity contribution < 1.29 is 18.9 Å². The number of carbonyl (C=O) groups is 1. The molecular weight excluding hydrogens is 328 g/mol. The van der Waals surface area contributed by atoms with Crippen molar-refractivity contribution in [1.29, 1.82) is 0 Å². The van der Waals surface area contributed by atoms with Crippen LogP contribution >= 0.6 is 15.9 Å². The van der Waals surface area contributed by atoms with Crippen LogP contribution in [0.25, 0.3) is 0 Å². The Morgan fingerprint density at radius 1 is 1.35 bits per heavy atom. The van der Waals surface area contributed by atoms with Gasteiger partial charge >= 0.3 is 0 Å². The SMILES string of the molecule is CCOc1cc(C=O)cc(Br)c1OCc1nonc1C. The van der Waals surface area contributed by atoms with Gasteiger partial charge in [0.2, 0.25) is 0 Å². The molecule has 0 bridgehead atoms. The van der Waals surface area contributed by atoms with E-state index in [1.165, 1.54) is 0 Å². The van der Waals surface area contributed by atoms with Crippen LogP contribution in [0, 0.1) is 6.92 Å². The number of carbonyl (C=O) groups excluding carboxylic acids is 1. The van der Waals surface area contributed by atoms with Crippen LogP contribution in [0.2, 0.25) is 0 Å². The molecule has 0 aliphatic carbocycles. The van der Waals surface area contributed by atoms with Gasteiger partial charge in [-0.15, -0.1) is 0 Å². The van der Waals surface area contributed by atoms with Gasteiger partial charge in [0.05, 0.1) is 11.1 Å². The highest BCUT2D eigenvalue weighted by atomic mass is 79.9. The van der Waals surface area contributed by atoms with Crippen molar-refractivity contribution in [3.05, 3.63) is 33.6 Å². The molecule has 0 radical (unpaired) electrons. The summed E-state index contributed by atoms with van der Waals surface area (Å²) >= 11 is 3.37. The lowest BCUT2D eigenvalue weighted by atomic mass is 10.2. The zero-order valence-electron chi connectivity index (χ0n) is 11.1. The molecule has 0 atom stereocenters. The molecule has 0 N–H and O–H groups in total. The molecule has 1 heterocycles. The Balaban J connectivity index is 2.25. The fraction of sp³-hybridized carbons (Fsp3) is 0.308. The number of hydrogen-bond acceptors (Lipinski definition) is 6. The van der Waals surface area contributed by atoms with Crippen molar-refractivity contribution in [2.24, 2.45) is 0 Å². The fourth-order valence-corrected chi connectivity index (χ4v) is 2.15. The molecule has 0 aliphatic rings. The standard InChI is InChI=1S/C13H13BrN2O4/c1-3-18-12-5-9(6-17)4-10(14)13(12)19-7-11-8(2)15-20-16-11/h4-6H,3,7H2,1-2H3. The van der Waals surface area contributed by atoms with E-state index < -0.39 is 0 Å². The molecule has 106 valence electrons. The van der Waals surface area contributed by atoms with E-state index in [0.29, 0.717) is 39.5 Å². The third-order valence-corrected chi connectivity index (χ3v) is 3.16. The van der Waals surface area contributed by atoms with Crippen LogP contribution in [-0.2, 0) is 6.61 Å². The Hall–Kier alpha value is -1.89. The van der Waals surface area contributed by atoms with E-state index in [4.69, 9.17) is 9.47 Å². The van der Waals surface area contributed by atoms with Gasteiger partial charge in [-0.3, -0.25) is 4.79 Å². The molecule has 0 amide bonds. The fourth-order valence-electron chi connectivity index (χ4n) is 1.58. The van der Waals surface area contributed by atoms with Crippen LogP contribution in [0.4, 0.5) is 0 Å². The van der Waals surface area contributed by atoms with E-state index in [1.54, 1.807) is 19.1 Å². The van der Waals surface area contributed by atoms with Crippen molar-refractivity contribution >= 4 is 22.2 Å². The lowest BCUT2D eigenvalue weighted by Crippen LogP contribution is -2.02. The Labute approximate surface area is 124 Å². The monoisotopic (exact) mass is 340 g/mol. The predicted octanol–water partition coefficient (Wildman–Crippen LogP) is 2.93. The van der Waals surface area contributed by atoms with Gasteiger partial charge in [0, 0.05) is 5.56 Å². The number of nitrogens with zero attached hydrogens (tertiary/aromatic N) is 2. The summed E-state index contributed by atoms with van der Waals surface area (Å²) in [5, 5.41) is 7.43. The van der Waals surface area contributed by atoms with Gasteiger partial charge in [0.15, 0.2) is 11.5 Å². The zero-order valence-corrected chi connectivity index (χ0v) is 12.6. The first-order chi connectivity index (χ1) is 9.65. The number of hydrogen-bond donors (Lipinski definition) is 0. The molecule has 1 aromatic heterocycles. The summed E-state index contributed by atoms with van der Waals surface area (Å²) in [6.07, 6.45) is 0.753. The van der Waals surface area contributed by atoms with E-state index in [-0.39, 0.29) is 6.61 Å².